The van der Waals surface area contributed by atoms with Gasteiger partial charge in [0.25, 0.3) is 0 Å². The Kier molecular flexibility index (Phi) is 7.87. The predicted octanol–water partition coefficient (Wildman–Crippen LogP) is 10.0. The van der Waals surface area contributed by atoms with Gasteiger partial charge in [0.1, 0.15) is 19.5 Å². The highest BCUT2D eigenvalue weighted by atomic mass is 28.3. The molecule has 0 saturated carbocycles. The van der Waals surface area contributed by atoms with Crippen molar-refractivity contribution in [3.63, 3.8) is 0 Å². The molecule has 0 aliphatic carbocycles. The summed E-state index contributed by atoms with van der Waals surface area (Å²) in [6, 6.07) is 42.7. The maximum atomic E-state index is 12.0. The molecule has 49 heavy (non-hydrogen) atoms. The van der Waals surface area contributed by atoms with E-state index in [1.54, 1.807) is 0 Å². The second-order valence-electron chi connectivity index (χ2n) is 15.8. The van der Waals surface area contributed by atoms with Crippen LogP contribution in [-0.4, -0.2) is 27.7 Å². The second kappa shape index (κ2) is 11.9. The summed E-state index contributed by atoms with van der Waals surface area (Å²) in [5, 5.41) is 16.6. The monoisotopic (exact) mass is 659 g/mol. The first-order valence-electron chi connectivity index (χ1n) is 17.2. The summed E-state index contributed by atoms with van der Waals surface area (Å²) >= 11 is 0. The quantitative estimate of drug-likeness (QED) is 0.187. The first-order valence-corrected chi connectivity index (χ1v) is 20.2. The van der Waals surface area contributed by atoms with Gasteiger partial charge in [-0.2, -0.15) is 0 Å². The summed E-state index contributed by atoms with van der Waals surface area (Å²) in [6.07, 6.45) is 0. The lowest BCUT2D eigenvalue weighted by molar-refractivity contribution is 0.442. The minimum absolute atomic E-state index is 0.118. The maximum Gasteiger partial charge on any atom is 0.146 e. The van der Waals surface area contributed by atoms with E-state index in [4.69, 9.17) is 9.97 Å². The number of hydrogen-bond acceptors (Lipinski definition) is 3. The summed E-state index contributed by atoms with van der Waals surface area (Å²) in [5.41, 5.74) is 8.19. The summed E-state index contributed by atoms with van der Waals surface area (Å²) in [4.78, 5) is 10.8. The molecular formula is C44H45N3OSi. The van der Waals surface area contributed by atoms with Gasteiger partial charge in [0.05, 0.1) is 22.6 Å². The van der Waals surface area contributed by atoms with E-state index in [0.717, 1.165) is 61.0 Å². The third-order valence-electron chi connectivity index (χ3n) is 9.86. The molecule has 0 spiro atoms. The lowest BCUT2D eigenvalue weighted by atomic mass is 9.79. The molecule has 0 amide bonds. The molecule has 5 heteroatoms. The van der Waals surface area contributed by atoms with Crippen LogP contribution >= 0.6 is 0 Å². The molecule has 4 nitrogen and oxygen atoms in total. The van der Waals surface area contributed by atoms with Gasteiger partial charge in [0.2, 0.25) is 0 Å². The average molecular weight is 660 g/mol. The SMILES string of the molecule is CC(C)(C)c1cc(-n2c3ccccc3c3ccc(-c4cc(-c5ccccc5)cc([Si](C)(C)c5ccccc5)n4)nc32)c(O)c(C(C)(C)C)c1. The van der Waals surface area contributed by atoms with Crippen molar-refractivity contribution in [1.29, 1.82) is 0 Å². The molecule has 246 valence electrons. The van der Waals surface area contributed by atoms with Gasteiger partial charge >= 0.3 is 0 Å². The Morgan fingerprint density at radius 3 is 1.92 bits per heavy atom. The maximum absolute atomic E-state index is 12.0. The number of nitrogens with zero attached hydrogens (tertiary/aromatic N) is 3. The fourth-order valence-corrected chi connectivity index (χ4v) is 9.04. The van der Waals surface area contributed by atoms with Gasteiger partial charge in [-0.3, -0.25) is 9.55 Å². The molecule has 0 aliphatic heterocycles. The van der Waals surface area contributed by atoms with Crippen molar-refractivity contribution in [2.75, 3.05) is 0 Å². The number of aromatic hydroxyl groups is 1. The summed E-state index contributed by atoms with van der Waals surface area (Å²) in [6.45, 7) is 17.9. The Labute approximate surface area is 291 Å². The standard InChI is InChI=1S/C44H45N3OSi/c1-43(2,3)31-27-35(44(4,5)6)41(48)39(28-31)47-38-22-16-15-21-33(38)34-23-24-36(46-42(34)47)37-25-30(29-17-11-9-12-18-29)26-40(45-37)49(7,8)32-19-13-10-14-20-32/h9-28,48H,1-8H3. The number of aromatic nitrogens is 3. The molecule has 7 aromatic rings. The number of fused-ring (bicyclic) bond motifs is 3. The Bertz CT molecular complexity index is 2330. The highest BCUT2D eigenvalue weighted by Gasteiger charge is 2.30. The topological polar surface area (TPSA) is 50.9 Å². The lowest BCUT2D eigenvalue weighted by Gasteiger charge is -2.28. The smallest absolute Gasteiger partial charge is 0.146 e. The molecule has 3 heterocycles. The molecule has 0 aliphatic rings. The van der Waals surface area contributed by atoms with Crippen LogP contribution < -0.4 is 10.5 Å². The van der Waals surface area contributed by atoms with E-state index in [1.807, 2.05) is 0 Å². The molecule has 0 atom stereocenters. The minimum Gasteiger partial charge on any atom is -0.505 e. The molecule has 0 bridgehead atoms. The number of hydrogen-bond donors (Lipinski definition) is 1. The number of phenolic OH excluding ortho intramolecular Hbond substituents is 1. The Balaban J connectivity index is 1.52. The van der Waals surface area contributed by atoms with Gasteiger partial charge in [-0.15, -0.1) is 0 Å². The highest BCUT2D eigenvalue weighted by Crippen LogP contribution is 2.42. The molecule has 0 radical (unpaired) electrons. The number of para-hydroxylation sites is 1. The Hall–Kier alpha value is -5.00. The lowest BCUT2D eigenvalue weighted by Crippen LogP contribution is -2.54. The van der Waals surface area contributed by atoms with Crippen molar-refractivity contribution in [3.8, 4) is 34.0 Å². The fraction of sp³-hybridized carbons (Fsp3) is 0.227. The number of pyridine rings is 2. The van der Waals surface area contributed by atoms with E-state index in [-0.39, 0.29) is 16.6 Å². The number of phenols is 1. The second-order valence-corrected chi connectivity index (χ2v) is 20.1. The van der Waals surface area contributed by atoms with Gasteiger partial charge in [-0.1, -0.05) is 145 Å². The van der Waals surface area contributed by atoms with Crippen molar-refractivity contribution in [1.82, 2.24) is 14.5 Å². The number of benzene rings is 4. The van der Waals surface area contributed by atoms with Crippen molar-refractivity contribution in [2.45, 2.75) is 65.5 Å². The van der Waals surface area contributed by atoms with E-state index in [9.17, 15) is 5.11 Å². The third kappa shape index (κ3) is 5.87. The van der Waals surface area contributed by atoms with Gasteiger partial charge < -0.3 is 5.11 Å². The molecule has 0 fully saturated rings. The molecule has 0 saturated heterocycles. The van der Waals surface area contributed by atoms with Crippen LogP contribution in [-0.2, 0) is 10.8 Å². The Morgan fingerprint density at radius 1 is 0.592 bits per heavy atom. The fourth-order valence-electron chi connectivity index (χ4n) is 6.80. The van der Waals surface area contributed by atoms with Gasteiger partial charge in [0, 0.05) is 21.7 Å². The summed E-state index contributed by atoms with van der Waals surface area (Å²) < 4.78 is 2.15. The van der Waals surface area contributed by atoms with Crippen molar-refractivity contribution >= 4 is 40.5 Å². The van der Waals surface area contributed by atoms with E-state index in [2.05, 4.69) is 181 Å². The zero-order valence-corrected chi connectivity index (χ0v) is 30.8. The zero-order chi connectivity index (χ0) is 34.7. The first kappa shape index (κ1) is 32.5. The minimum atomic E-state index is -2.16. The van der Waals surface area contributed by atoms with Crippen molar-refractivity contribution in [2.24, 2.45) is 0 Å². The molecule has 0 unspecified atom stereocenters. The highest BCUT2D eigenvalue weighted by molar-refractivity contribution is 7.00. The van der Waals surface area contributed by atoms with Crippen LogP contribution in [0.2, 0.25) is 13.1 Å². The molecular weight excluding hydrogens is 615 g/mol. The van der Waals surface area contributed by atoms with E-state index in [0.29, 0.717) is 0 Å². The van der Waals surface area contributed by atoms with Gasteiger partial charge in [-0.05, 0) is 63.9 Å². The van der Waals surface area contributed by atoms with Crippen molar-refractivity contribution in [3.05, 3.63) is 132 Å². The van der Waals surface area contributed by atoms with Crippen LogP contribution in [0.25, 0.3) is 50.1 Å². The van der Waals surface area contributed by atoms with Gasteiger partial charge in [-0.25, -0.2) is 4.98 Å². The van der Waals surface area contributed by atoms with Crippen LogP contribution in [0, 0.1) is 0 Å². The van der Waals surface area contributed by atoms with Crippen LogP contribution in [0.5, 0.6) is 5.75 Å². The normalized spacial score (nSPS) is 12.6. The van der Waals surface area contributed by atoms with Crippen LogP contribution in [0.3, 0.4) is 0 Å². The largest absolute Gasteiger partial charge is 0.505 e. The third-order valence-corrected chi connectivity index (χ3v) is 13.2. The van der Waals surface area contributed by atoms with E-state index < -0.39 is 8.07 Å². The predicted molar refractivity (Wildman–Crippen MR) is 209 cm³/mol. The molecule has 3 aromatic heterocycles. The summed E-state index contributed by atoms with van der Waals surface area (Å²) in [7, 11) is -2.16. The zero-order valence-electron chi connectivity index (χ0n) is 29.8. The molecule has 4 aromatic carbocycles. The molecule has 7 rings (SSSR count). The first-order chi connectivity index (χ1) is 23.2. The van der Waals surface area contributed by atoms with Crippen LogP contribution in [0.4, 0.5) is 0 Å². The Morgan fingerprint density at radius 2 is 1.24 bits per heavy atom. The summed E-state index contributed by atoms with van der Waals surface area (Å²) in [5.74, 6) is 0.289. The van der Waals surface area contributed by atoms with E-state index >= 15 is 0 Å². The van der Waals surface area contributed by atoms with E-state index in [1.165, 1.54) is 10.8 Å². The van der Waals surface area contributed by atoms with Gasteiger partial charge in [0.15, 0.2) is 0 Å². The average Bonchev–Trinajstić information content (AvgIpc) is 3.41. The number of rotatable bonds is 5. The van der Waals surface area contributed by atoms with Crippen LogP contribution in [0.15, 0.2) is 121 Å². The van der Waals surface area contributed by atoms with Crippen molar-refractivity contribution < 1.29 is 5.11 Å². The van der Waals surface area contributed by atoms with Crippen LogP contribution in [0.1, 0.15) is 52.7 Å². The molecule has 1 N–H and O–H groups in total.